The van der Waals surface area contributed by atoms with Gasteiger partial charge in [0.25, 0.3) is 0 Å². The highest BCUT2D eigenvalue weighted by Crippen LogP contribution is 2.19. The maximum atomic E-state index is 13.1. The van der Waals surface area contributed by atoms with Crippen LogP contribution in [0.25, 0.3) is 0 Å². The molecule has 10 N–H and O–H groups in total. The number of benzene rings is 6. The Bertz CT molecular complexity index is 2480. The molecule has 0 aromatic heterocycles. The van der Waals surface area contributed by atoms with Crippen molar-refractivity contribution in [2.45, 2.75) is 85.9 Å². The van der Waals surface area contributed by atoms with Gasteiger partial charge in [0.15, 0.2) is 34.7 Å². The second-order valence-electron chi connectivity index (χ2n) is 16.1. The van der Waals surface area contributed by atoms with Crippen molar-refractivity contribution >= 4 is 51.8 Å². The Kier molecular flexibility index (Phi) is 25.0. The molecule has 0 fully saturated rings. The molecule has 0 aliphatic rings. The number of rotatable bonds is 15. The minimum Gasteiger partial charge on any atom is -0.399 e. The molecule has 0 aliphatic carbocycles. The van der Waals surface area contributed by atoms with Crippen LogP contribution in [0.5, 0.6) is 0 Å². The quantitative estimate of drug-likeness (QED) is 0.0417. The van der Waals surface area contributed by atoms with Crippen LogP contribution in [0.15, 0.2) is 146 Å². The van der Waals surface area contributed by atoms with Crippen LogP contribution in [-0.4, -0.2) is 63.7 Å². The van der Waals surface area contributed by atoms with Gasteiger partial charge < -0.3 is 33.1 Å². The van der Waals surface area contributed by atoms with Crippen molar-refractivity contribution in [1.29, 1.82) is 0 Å². The molecule has 6 aromatic rings. The van der Waals surface area contributed by atoms with Gasteiger partial charge in [-0.05, 0) is 131 Å². The van der Waals surface area contributed by atoms with Crippen LogP contribution in [0.1, 0.15) is 133 Å². The molecule has 0 spiro atoms. The van der Waals surface area contributed by atoms with Crippen molar-refractivity contribution in [3.63, 3.8) is 0 Å². The van der Waals surface area contributed by atoms with Gasteiger partial charge in [-0.2, -0.15) is 0 Å². The number of aliphatic hydroxyl groups is 2. The third-order valence-electron chi connectivity index (χ3n) is 9.86. The highest BCUT2D eigenvalue weighted by molar-refractivity contribution is 6.07. The first kappa shape index (κ1) is 56.7. The van der Waals surface area contributed by atoms with Crippen LogP contribution in [-0.2, 0) is 19.3 Å². The molecule has 68 heavy (non-hydrogen) atoms. The van der Waals surface area contributed by atoms with E-state index in [1.807, 2.05) is 91.0 Å². The summed E-state index contributed by atoms with van der Waals surface area (Å²) in [5.74, 6) is -0.926. The number of anilines is 3. The average molecular weight is 923 g/mol. The fourth-order valence-corrected chi connectivity index (χ4v) is 5.97. The summed E-state index contributed by atoms with van der Waals surface area (Å²) in [7, 11) is 0. The molecule has 6 rings (SSSR count). The van der Waals surface area contributed by atoms with Gasteiger partial charge in [0.2, 0.25) is 0 Å². The Hall–Kier alpha value is -7.38. The minimum absolute atomic E-state index is 0.137. The van der Waals surface area contributed by atoms with Gasteiger partial charge in [-0.15, -0.1) is 0 Å². The molecule has 12 nitrogen and oxygen atoms in total. The van der Waals surface area contributed by atoms with Gasteiger partial charge in [0, 0.05) is 76.3 Å². The molecule has 358 valence electrons. The topological polar surface area (TPSA) is 247 Å². The molecule has 0 amide bonds. The van der Waals surface area contributed by atoms with Crippen molar-refractivity contribution in [1.82, 2.24) is 0 Å². The van der Waals surface area contributed by atoms with E-state index in [0.29, 0.717) is 57.7 Å². The summed E-state index contributed by atoms with van der Waals surface area (Å²) in [5, 5.41) is 17.8. The van der Waals surface area contributed by atoms with Crippen LogP contribution in [0.3, 0.4) is 0 Å². The maximum Gasteiger partial charge on any atom is 0.167 e. The van der Waals surface area contributed by atoms with Gasteiger partial charge in [-0.25, -0.2) is 0 Å². The van der Waals surface area contributed by atoms with E-state index in [-0.39, 0.29) is 60.1 Å². The summed E-state index contributed by atoms with van der Waals surface area (Å²) in [6.45, 7) is 9.93. The predicted molar refractivity (Wildman–Crippen MR) is 273 cm³/mol. The van der Waals surface area contributed by atoms with Crippen molar-refractivity contribution in [2.75, 3.05) is 23.7 Å². The number of carbonyl (C=O) groups is 6. The Morgan fingerprint density at radius 3 is 1.15 bits per heavy atom. The molecule has 0 saturated heterocycles. The molecule has 2 unspecified atom stereocenters. The van der Waals surface area contributed by atoms with Crippen LogP contribution in [0.4, 0.5) is 17.1 Å². The second kappa shape index (κ2) is 30.0. The third kappa shape index (κ3) is 22.2. The minimum atomic E-state index is -0.594. The van der Waals surface area contributed by atoms with Gasteiger partial charge in [-0.1, -0.05) is 85.8 Å². The Balaban J connectivity index is 0.000000367. The molecule has 0 bridgehead atoms. The molecule has 6 aromatic carbocycles. The standard InChI is InChI=1S/C29H30O4.C12H12O3.C6H8N2.C6H7N.C3H9NO/c1-3-21-10-7-11-23(14-21)16-29(33)26-18-24(27(31)13-12-20(2)30)17-25(19-26)28(32)15-22-8-5-4-6-9-22;1-7(13)10-4-11(8(2)14)6-12(5-10)9(3)15;7-5-2-1-3-6(8)4-5;7-6-4-2-1-3-5-6;1-3(5)2-4/h4-11,14,17-20,30H,3,12-13,15-16H2,1-2H3;4-6H,1-3H3;1-4H,7-8H2;1-5H,7H2;3,5H,2,4H2,1H3. The largest absolute Gasteiger partial charge is 0.399 e. The summed E-state index contributed by atoms with van der Waals surface area (Å²) >= 11 is 0. The fourth-order valence-electron chi connectivity index (χ4n) is 5.97. The van der Waals surface area contributed by atoms with E-state index in [1.54, 1.807) is 50.2 Å². The Morgan fingerprint density at radius 1 is 0.441 bits per heavy atom. The summed E-state index contributed by atoms with van der Waals surface area (Å²) in [6, 6.07) is 43.2. The van der Waals surface area contributed by atoms with Crippen LogP contribution >= 0.6 is 0 Å². The molecular weight excluding hydrogens is 857 g/mol. The fraction of sp³-hybridized carbons (Fsp3) is 0.250. The van der Waals surface area contributed by atoms with Gasteiger partial charge >= 0.3 is 0 Å². The van der Waals surface area contributed by atoms with E-state index in [4.69, 9.17) is 28.0 Å². The van der Waals surface area contributed by atoms with E-state index in [9.17, 15) is 33.9 Å². The lowest BCUT2D eigenvalue weighted by molar-refractivity contribution is 0.0947. The van der Waals surface area contributed by atoms with Crippen molar-refractivity contribution in [2.24, 2.45) is 5.73 Å². The van der Waals surface area contributed by atoms with E-state index in [1.165, 1.54) is 39.0 Å². The van der Waals surface area contributed by atoms with E-state index in [2.05, 4.69) is 6.92 Å². The zero-order chi connectivity index (χ0) is 50.8. The summed E-state index contributed by atoms with van der Waals surface area (Å²) in [4.78, 5) is 72.4. The predicted octanol–water partition coefficient (Wildman–Crippen LogP) is 9.18. The Labute approximate surface area is 400 Å². The first-order valence-corrected chi connectivity index (χ1v) is 22.2. The number of aliphatic hydroxyl groups excluding tert-OH is 2. The van der Waals surface area contributed by atoms with Crippen LogP contribution in [0.2, 0.25) is 0 Å². The smallest absolute Gasteiger partial charge is 0.167 e. The van der Waals surface area contributed by atoms with Crippen LogP contribution in [0, 0.1) is 0 Å². The number of ketones is 6. The molecule has 12 heteroatoms. The number of hydrogen-bond acceptors (Lipinski definition) is 12. The maximum absolute atomic E-state index is 13.1. The molecule has 0 radical (unpaired) electrons. The van der Waals surface area contributed by atoms with Crippen molar-refractivity contribution in [3.8, 4) is 0 Å². The number of aryl methyl sites for hydroxylation is 1. The lowest BCUT2D eigenvalue weighted by atomic mass is 9.92. The highest BCUT2D eigenvalue weighted by Gasteiger charge is 2.18. The van der Waals surface area contributed by atoms with E-state index >= 15 is 0 Å². The SMILES string of the molecule is CC(=O)c1cc(C(C)=O)cc(C(C)=O)c1.CC(O)CN.CCc1cccc(CC(=O)c2cc(C(=O)CCC(C)O)cc(C(=O)Cc3ccccc3)c2)c1.Nc1cccc(N)c1.Nc1ccccc1. The van der Waals surface area contributed by atoms with Gasteiger partial charge in [0.05, 0.1) is 12.2 Å². The molecule has 0 heterocycles. The molecule has 2 atom stereocenters. The van der Waals surface area contributed by atoms with Crippen LogP contribution < -0.4 is 22.9 Å². The summed E-state index contributed by atoms with van der Waals surface area (Å²) in [5.41, 5.74) is 28.4. The first-order valence-electron chi connectivity index (χ1n) is 22.2. The molecule has 0 aliphatic heterocycles. The van der Waals surface area contributed by atoms with E-state index < -0.39 is 6.10 Å². The zero-order valence-electron chi connectivity index (χ0n) is 39.9. The van der Waals surface area contributed by atoms with Gasteiger partial charge in [0.1, 0.15) is 0 Å². The normalized spacial score (nSPS) is 10.9. The summed E-state index contributed by atoms with van der Waals surface area (Å²) < 4.78 is 0. The van der Waals surface area contributed by atoms with Crippen molar-refractivity contribution < 1.29 is 39.0 Å². The lowest BCUT2D eigenvalue weighted by Crippen LogP contribution is -2.14. The van der Waals surface area contributed by atoms with E-state index in [0.717, 1.165) is 28.8 Å². The van der Waals surface area contributed by atoms with Crippen molar-refractivity contribution in [3.05, 3.63) is 196 Å². The number of nitrogen functional groups attached to an aromatic ring is 3. The number of hydrogen-bond donors (Lipinski definition) is 6. The first-order chi connectivity index (χ1) is 32.2. The molecular formula is C56H66N4O8. The second-order valence-corrected chi connectivity index (χ2v) is 16.1. The monoisotopic (exact) mass is 922 g/mol. The Morgan fingerprint density at radius 2 is 0.794 bits per heavy atom. The number of Topliss-reactive ketones (excluding diaryl/α,β-unsaturated/α-hetero) is 6. The highest BCUT2D eigenvalue weighted by atomic mass is 16.3. The lowest BCUT2D eigenvalue weighted by Gasteiger charge is -2.10. The van der Waals surface area contributed by atoms with Gasteiger partial charge in [-0.3, -0.25) is 28.8 Å². The zero-order valence-corrected chi connectivity index (χ0v) is 39.9. The number of para-hydroxylation sites is 1. The molecule has 0 saturated carbocycles. The number of carbonyl (C=O) groups excluding carboxylic acids is 6. The summed E-state index contributed by atoms with van der Waals surface area (Å²) in [6.07, 6.45) is 0.824. The average Bonchev–Trinajstić information content (AvgIpc) is 3.31. The number of nitrogens with two attached hydrogens (primary N) is 4. The third-order valence-corrected chi connectivity index (χ3v) is 9.86.